The molecular formula is C24H25N3O3. The van der Waals surface area contributed by atoms with Gasteiger partial charge >= 0.3 is 0 Å². The minimum Gasteiger partial charge on any atom is -0.355 e. The minimum atomic E-state index is -0.213. The van der Waals surface area contributed by atoms with Gasteiger partial charge in [-0.25, -0.2) is 0 Å². The fourth-order valence-corrected chi connectivity index (χ4v) is 3.70. The molecule has 1 fully saturated rings. The molecule has 1 unspecified atom stereocenters. The lowest BCUT2D eigenvalue weighted by Gasteiger charge is -2.31. The van der Waals surface area contributed by atoms with Gasteiger partial charge in [-0.1, -0.05) is 65.3 Å². The largest absolute Gasteiger partial charge is 0.355 e. The molecule has 1 aromatic heterocycles. The second-order valence-corrected chi connectivity index (χ2v) is 7.74. The molecule has 3 aromatic rings. The van der Waals surface area contributed by atoms with Crippen molar-refractivity contribution in [2.45, 2.75) is 26.3 Å². The van der Waals surface area contributed by atoms with Gasteiger partial charge in [-0.3, -0.25) is 9.59 Å². The van der Waals surface area contributed by atoms with Crippen LogP contribution >= 0.6 is 0 Å². The topological polar surface area (TPSA) is 75.4 Å². The summed E-state index contributed by atoms with van der Waals surface area (Å²) in [6.07, 6.45) is 1.57. The molecule has 0 saturated carbocycles. The highest BCUT2D eigenvalue weighted by Crippen LogP contribution is 2.23. The Hall–Kier alpha value is -3.41. The standard InChI is InChI=1S/C24H25N3O3/c1-17-9-11-19(12-10-17)22-14-21(26-30-22)24(29)27-13-5-8-20(16-27)23(28)25-15-18-6-3-2-4-7-18/h2-4,6-7,9-12,14,20H,5,8,13,15-16H2,1H3,(H,25,28). The first-order chi connectivity index (χ1) is 14.6. The lowest BCUT2D eigenvalue weighted by atomic mass is 9.96. The Labute approximate surface area is 175 Å². The van der Waals surface area contributed by atoms with Crippen LogP contribution < -0.4 is 5.32 Å². The van der Waals surface area contributed by atoms with Crippen molar-refractivity contribution in [3.05, 3.63) is 77.5 Å². The SMILES string of the molecule is Cc1ccc(-c2cc(C(=O)N3CCCC(C(=O)NCc4ccccc4)C3)no2)cc1. The van der Waals surface area contributed by atoms with Crippen molar-refractivity contribution in [1.29, 1.82) is 0 Å². The fourth-order valence-electron chi connectivity index (χ4n) is 3.70. The first-order valence-corrected chi connectivity index (χ1v) is 10.2. The molecule has 30 heavy (non-hydrogen) atoms. The number of nitrogens with one attached hydrogen (secondary N) is 1. The van der Waals surface area contributed by atoms with Crippen LogP contribution in [-0.2, 0) is 11.3 Å². The molecule has 0 spiro atoms. The zero-order valence-electron chi connectivity index (χ0n) is 17.0. The van der Waals surface area contributed by atoms with E-state index in [0.717, 1.165) is 29.5 Å². The Bertz CT molecular complexity index is 1010. The summed E-state index contributed by atoms with van der Waals surface area (Å²) >= 11 is 0. The molecule has 2 heterocycles. The van der Waals surface area contributed by atoms with Gasteiger partial charge in [0.15, 0.2) is 11.5 Å². The predicted octanol–water partition coefficient (Wildman–Crippen LogP) is 3.82. The van der Waals surface area contributed by atoms with E-state index in [4.69, 9.17) is 4.52 Å². The molecule has 1 aliphatic rings. The Kier molecular flexibility index (Phi) is 5.93. The highest BCUT2D eigenvalue weighted by atomic mass is 16.5. The van der Waals surface area contributed by atoms with Crippen molar-refractivity contribution < 1.29 is 14.1 Å². The number of hydrogen-bond donors (Lipinski definition) is 1. The Morgan fingerprint density at radius 3 is 2.67 bits per heavy atom. The smallest absolute Gasteiger partial charge is 0.276 e. The number of benzene rings is 2. The number of carbonyl (C=O) groups excluding carboxylic acids is 2. The van der Waals surface area contributed by atoms with Crippen LogP contribution in [0.4, 0.5) is 0 Å². The maximum atomic E-state index is 12.9. The monoisotopic (exact) mass is 403 g/mol. The maximum Gasteiger partial charge on any atom is 0.276 e. The third-order valence-corrected chi connectivity index (χ3v) is 5.45. The Morgan fingerprint density at radius 2 is 1.90 bits per heavy atom. The number of rotatable bonds is 5. The summed E-state index contributed by atoms with van der Waals surface area (Å²) in [4.78, 5) is 27.2. The quantitative estimate of drug-likeness (QED) is 0.703. The van der Waals surface area contributed by atoms with E-state index in [0.29, 0.717) is 25.4 Å². The normalized spacial score (nSPS) is 16.3. The summed E-state index contributed by atoms with van der Waals surface area (Å²) in [7, 11) is 0. The van der Waals surface area contributed by atoms with Gasteiger partial charge in [-0.2, -0.15) is 0 Å². The number of aromatic nitrogens is 1. The lowest BCUT2D eigenvalue weighted by molar-refractivity contribution is -0.126. The van der Waals surface area contributed by atoms with Crippen molar-refractivity contribution in [3.8, 4) is 11.3 Å². The molecule has 6 nitrogen and oxygen atoms in total. The van der Waals surface area contributed by atoms with Crippen molar-refractivity contribution in [1.82, 2.24) is 15.4 Å². The minimum absolute atomic E-state index is 0.0168. The van der Waals surface area contributed by atoms with E-state index in [1.807, 2.05) is 61.5 Å². The summed E-state index contributed by atoms with van der Waals surface area (Å²) in [5.41, 5.74) is 3.36. The van der Waals surface area contributed by atoms with Gasteiger partial charge in [-0.15, -0.1) is 0 Å². The summed E-state index contributed by atoms with van der Waals surface area (Å²) in [6.45, 7) is 3.52. The van der Waals surface area contributed by atoms with Crippen LogP contribution in [0.2, 0.25) is 0 Å². The molecule has 1 saturated heterocycles. The molecule has 154 valence electrons. The van der Waals surface area contributed by atoms with Crippen molar-refractivity contribution >= 4 is 11.8 Å². The van der Waals surface area contributed by atoms with Gasteiger partial charge in [0.25, 0.3) is 5.91 Å². The van der Waals surface area contributed by atoms with E-state index >= 15 is 0 Å². The molecule has 1 aliphatic heterocycles. The van der Waals surface area contributed by atoms with Gasteiger partial charge in [0.2, 0.25) is 5.91 Å². The number of aryl methyl sites for hydroxylation is 1. The number of hydrogen-bond acceptors (Lipinski definition) is 4. The van der Waals surface area contributed by atoms with Crippen LogP contribution in [0.25, 0.3) is 11.3 Å². The van der Waals surface area contributed by atoms with Crippen molar-refractivity contribution in [2.75, 3.05) is 13.1 Å². The van der Waals surface area contributed by atoms with Gasteiger partial charge in [0.1, 0.15) is 0 Å². The van der Waals surface area contributed by atoms with E-state index in [1.54, 1.807) is 11.0 Å². The first kappa shape index (κ1) is 19.9. The van der Waals surface area contributed by atoms with Crippen LogP contribution in [0.15, 0.2) is 65.2 Å². The average molecular weight is 403 g/mol. The summed E-state index contributed by atoms with van der Waals surface area (Å²) in [6, 6.07) is 19.3. The molecule has 2 aromatic carbocycles. The Balaban J connectivity index is 1.37. The first-order valence-electron chi connectivity index (χ1n) is 10.2. The van der Waals surface area contributed by atoms with Crippen LogP contribution in [0.1, 0.15) is 34.5 Å². The molecule has 1 atom stereocenters. The average Bonchev–Trinajstić information content (AvgIpc) is 3.28. The van der Waals surface area contributed by atoms with E-state index in [-0.39, 0.29) is 23.4 Å². The third kappa shape index (κ3) is 4.59. The zero-order chi connectivity index (χ0) is 20.9. The molecule has 0 radical (unpaired) electrons. The van der Waals surface area contributed by atoms with E-state index in [2.05, 4.69) is 10.5 Å². The third-order valence-electron chi connectivity index (χ3n) is 5.45. The zero-order valence-corrected chi connectivity index (χ0v) is 17.0. The fraction of sp³-hybridized carbons (Fsp3) is 0.292. The van der Waals surface area contributed by atoms with Gasteiger partial charge in [-0.05, 0) is 25.3 Å². The van der Waals surface area contributed by atoms with Crippen LogP contribution in [0.3, 0.4) is 0 Å². The molecule has 4 rings (SSSR count). The van der Waals surface area contributed by atoms with Gasteiger partial charge in [0, 0.05) is 31.3 Å². The summed E-state index contributed by atoms with van der Waals surface area (Å²) in [5.74, 6) is 0.136. The maximum absolute atomic E-state index is 12.9. The van der Waals surface area contributed by atoms with E-state index in [1.165, 1.54) is 0 Å². The lowest BCUT2D eigenvalue weighted by Crippen LogP contribution is -2.45. The molecule has 1 N–H and O–H groups in total. The molecule has 6 heteroatoms. The summed E-state index contributed by atoms with van der Waals surface area (Å²) < 4.78 is 5.39. The highest BCUT2D eigenvalue weighted by Gasteiger charge is 2.30. The predicted molar refractivity (Wildman–Crippen MR) is 114 cm³/mol. The van der Waals surface area contributed by atoms with E-state index < -0.39 is 0 Å². The molecule has 0 bridgehead atoms. The molecule has 0 aliphatic carbocycles. The van der Waals surface area contributed by atoms with Crippen molar-refractivity contribution in [2.24, 2.45) is 5.92 Å². The molecular weight excluding hydrogens is 378 g/mol. The number of nitrogens with zero attached hydrogens (tertiary/aromatic N) is 2. The number of likely N-dealkylation sites (tertiary alicyclic amines) is 1. The number of carbonyl (C=O) groups is 2. The Morgan fingerprint density at radius 1 is 1.13 bits per heavy atom. The molecule has 2 amide bonds. The number of amides is 2. The second-order valence-electron chi connectivity index (χ2n) is 7.74. The van der Waals surface area contributed by atoms with Crippen LogP contribution in [0, 0.1) is 12.8 Å². The second kappa shape index (κ2) is 8.95. The number of piperidine rings is 1. The summed E-state index contributed by atoms with van der Waals surface area (Å²) in [5, 5.41) is 6.96. The van der Waals surface area contributed by atoms with Crippen LogP contribution in [-0.4, -0.2) is 35.0 Å². The van der Waals surface area contributed by atoms with Gasteiger partial charge < -0.3 is 14.7 Å². The van der Waals surface area contributed by atoms with Crippen LogP contribution in [0.5, 0.6) is 0 Å². The van der Waals surface area contributed by atoms with Crippen molar-refractivity contribution in [3.63, 3.8) is 0 Å². The van der Waals surface area contributed by atoms with E-state index in [9.17, 15) is 9.59 Å². The highest BCUT2D eigenvalue weighted by molar-refractivity contribution is 5.93. The van der Waals surface area contributed by atoms with Gasteiger partial charge in [0.05, 0.1) is 5.92 Å².